The van der Waals surface area contributed by atoms with Crippen LogP contribution in [-0.2, 0) is 9.53 Å². The summed E-state index contributed by atoms with van der Waals surface area (Å²) in [5, 5.41) is 8.77. The average molecular weight is 312 g/mol. The number of Topliss-reactive ketones (excluding diaryl/α,β-unsaturated/α-hetero) is 1. The summed E-state index contributed by atoms with van der Waals surface area (Å²) < 4.78 is 5.67. The monoisotopic (exact) mass is 312 g/mol. The lowest BCUT2D eigenvalue weighted by molar-refractivity contribution is -0.121. The first-order valence-corrected chi connectivity index (χ1v) is 6.31. The summed E-state index contributed by atoms with van der Waals surface area (Å²) in [4.78, 5) is 11.0. The van der Waals surface area contributed by atoms with E-state index in [4.69, 9.17) is 9.84 Å². The topological polar surface area (TPSA) is 46.5 Å². The molecule has 0 heterocycles. The van der Waals surface area contributed by atoms with Crippen LogP contribution in [0.4, 0.5) is 0 Å². The van der Waals surface area contributed by atoms with Crippen LogP contribution in [0.3, 0.4) is 0 Å². The quantitative estimate of drug-likeness (QED) is 0.619. The van der Waals surface area contributed by atoms with Gasteiger partial charge >= 0.3 is 0 Å². The Bertz CT molecular complexity index is 174. The fourth-order valence-corrected chi connectivity index (χ4v) is 1.84. The van der Waals surface area contributed by atoms with E-state index in [9.17, 15) is 4.79 Å². The minimum atomic E-state index is 0.170. The summed E-state index contributed by atoms with van der Waals surface area (Å²) >= 11 is 2.17. The Hall–Kier alpha value is 0.320. The van der Waals surface area contributed by atoms with Crippen LogP contribution in [0.2, 0.25) is 0 Å². The van der Waals surface area contributed by atoms with Crippen molar-refractivity contribution in [2.24, 2.45) is 5.92 Å². The number of aliphatic hydroxyl groups is 1. The molecule has 0 aromatic heterocycles. The van der Waals surface area contributed by atoms with Crippen LogP contribution in [0.25, 0.3) is 0 Å². The summed E-state index contributed by atoms with van der Waals surface area (Å²) in [5.41, 5.74) is 0. The van der Waals surface area contributed by atoms with Gasteiger partial charge in [-0.1, -0.05) is 22.6 Å². The van der Waals surface area contributed by atoms with Gasteiger partial charge in [-0.3, -0.25) is 4.79 Å². The number of carbonyl (C=O) groups is 1. The fraction of sp³-hybridized carbons (Fsp3) is 0.900. The van der Waals surface area contributed by atoms with E-state index >= 15 is 0 Å². The molecule has 1 unspecified atom stereocenters. The lowest BCUT2D eigenvalue weighted by Crippen LogP contribution is -2.21. The third-order valence-corrected chi connectivity index (χ3v) is 3.27. The highest BCUT2D eigenvalue weighted by Gasteiger charge is 2.18. The lowest BCUT2D eigenvalue weighted by Gasteiger charge is -2.21. The molecule has 4 heteroatoms. The molecular formula is C10H17IO3. The van der Waals surface area contributed by atoms with E-state index in [2.05, 4.69) is 22.6 Å². The van der Waals surface area contributed by atoms with Crippen LogP contribution < -0.4 is 0 Å². The van der Waals surface area contributed by atoms with Crippen molar-refractivity contribution in [1.29, 1.82) is 0 Å². The maximum Gasteiger partial charge on any atom is 0.132 e. The maximum absolute atomic E-state index is 11.0. The lowest BCUT2D eigenvalue weighted by atomic mass is 9.89. The van der Waals surface area contributed by atoms with Crippen molar-refractivity contribution in [3.05, 3.63) is 0 Å². The Morgan fingerprint density at radius 1 is 1.50 bits per heavy atom. The molecule has 1 atom stereocenters. The molecule has 0 saturated heterocycles. The molecule has 1 aliphatic carbocycles. The molecule has 1 fully saturated rings. The van der Waals surface area contributed by atoms with E-state index in [1.807, 2.05) is 0 Å². The Morgan fingerprint density at radius 2 is 2.14 bits per heavy atom. The Morgan fingerprint density at radius 3 is 2.71 bits per heavy atom. The van der Waals surface area contributed by atoms with Crippen molar-refractivity contribution in [2.45, 2.75) is 29.6 Å². The molecule has 0 aromatic rings. The van der Waals surface area contributed by atoms with Crippen molar-refractivity contribution in [3.63, 3.8) is 0 Å². The summed E-state index contributed by atoms with van der Waals surface area (Å²) in [6, 6.07) is 0. The van der Waals surface area contributed by atoms with E-state index in [-0.39, 0.29) is 10.5 Å². The second-order valence-corrected chi connectivity index (χ2v) is 5.56. The number of halogens is 1. The van der Waals surface area contributed by atoms with Crippen LogP contribution in [-0.4, -0.2) is 34.6 Å². The number of alkyl halides is 1. The predicted octanol–water partition coefficient (Wildman–Crippen LogP) is 1.56. The average Bonchev–Trinajstić information content (AvgIpc) is 2.21. The number of rotatable bonds is 5. The molecule has 1 rings (SSSR count). The molecule has 0 bridgehead atoms. The molecule has 0 aromatic carbocycles. The second-order valence-electron chi connectivity index (χ2n) is 3.80. The maximum atomic E-state index is 11.0. The van der Waals surface area contributed by atoms with Crippen LogP contribution >= 0.6 is 22.6 Å². The minimum absolute atomic E-state index is 0.170. The molecule has 82 valence electrons. The first-order valence-electron chi connectivity index (χ1n) is 5.06. The van der Waals surface area contributed by atoms with Gasteiger partial charge in [0, 0.05) is 19.4 Å². The van der Waals surface area contributed by atoms with Crippen molar-refractivity contribution in [2.75, 3.05) is 19.8 Å². The molecule has 1 saturated carbocycles. The number of hydrogen-bond donors (Lipinski definition) is 1. The third kappa shape index (κ3) is 4.70. The van der Waals surface area contributed by atoms with Crippen LogP contribution in [0.15, 0.2) is 0 Å². The zero-order valence-corrected chi connectivity index (χ0v) is 10.4. The Kier molecular flexibility index (Phi) is 5.96. The molecule has 3 nitrogen and oxygen atoms in total. The van der Waals surface area contributed by atoms with Gasteiger partial charge < -0.3 is 9.84 Å². The first kappa shape index (κ1) is 12.4. The molecular weight excluding hydrogens is 295 g/mol. The molecule has 0 aliphatic heterocycles. The molecule has 0 radical (unpaired) electrons. The van der Waals surface area contributed by atoms with Crippen molar-refractivity contribution >= 4 is 28.4 Å². The normalized spacial score (nSPS) is 21.1. The van der Waals surface area contributed by atoms with E-state index in [1.54, 1.807) is 0 Å². The largest absolute Gasteiger partial charge is 0.395 e. The van der Waals surface area contributed by atoms with Gasteiger partial charge in [0.1, 0.15) is 5.78 Å². The van der Waals surface area contributed by atoms with E-state index in [1.165, 1.54) is 0 Å². The Balaban J connectivity index is 2.04. The number of ketones is 1. The van der Waals surface area contributed by atoms with Crippen LogP contribution in [0.1, 0.15) is 25.7 Å². The SMILES string of the molecule is O=C1CCC(COCC(I)CO)CC1. The minimum Gasteiger partial charge on any atom is -0.395 e. The standard InChI is InChI=1S/C10H17IO3/c11-9(5-12)7-14-6-8-1-3-10(13)4-2-8/h8-9,12H,1-7H2. The predicted molar refractivity (Wildman–Crippen MR) is 62.7 cm³/mol. The highest BCUT2D eigenvalue weighted by Crippen LogP contribution is 2.21. The Labute approximate surface area is 98.3 Å². The second kappa shape index (κ2) is 6.74. The van der Waals surface area contributed by atoms with Crippen molar-refractivity contribution in [1.82, 2.24) is 0 Å². The van der Waals surface area contributed by atoms with Gasteiger partial charge in [-0.15, -0.1) is 0 Å². The molecule has 1 N–H and O–H groups in total. The summed E-state index contributed by atoms with van der Waals surface area (Å²) in [6.07, 6.45) is 3.40. The van der Waals surface area contributed by atoms with Gasteiger partial charge in [0.15, 0.2) is 0 Å². The zero-order chi connectivity index (χ0) is 10.4. The molecule has 1 aliphatic rings. The number of aliphatic hydroxyl groups excluding tert-OH is 1. The van der Waals surface area contributed by atoms with E-state index in [0.29, 0.717) is 18.3 Å². The molecule has 0 amide bonds. The van der Waals surface area contributed by atoms with Crippen LogP contribution in [0.5, 0.6) is 0 Å². The fourth-order valence-electron chi connectivity index (χ4n) is 1.58. The number of carbonyl (C=O) groups excluding carboxylic acids is 1. The van der Waals surface area contributed by atoms with Gasteiger partial charge in [0.05, 0.1) is 17.1 Å². The summed E-state index contributed by atoms with van der Waals surface area (Å²) in [7, 11) is 0. The van der Waals surface area contributed by atoms with Crippen molar-refractivity contribution < 1.29 is 14.6 Å². The zero-order valence-electron chi connectivity index (χ0n) is 8.25. The van der Waals surface area contributed by atoms with Gasteiger partial charge in [-0.25, -0.2) is 0 Å². The van der Waals surface area contributed by atoms with Crippen molar-refractivity contribution in [3.8, 4) is 0 Å². The van der Waals surface area contributed by atoms with E-state index < -0.39 is 0 Å². The summed E-state index contributed by atoms with van der Waals surface area (Å²) in [5.74, 6) is 0.943. The third-order valence-electron chi connectivity index (χ3n) is 2.51. The molecule has 14 heavy (non-hydrogen) atoms. The first-order chi connectivity index (χ1) is 6.72. The van der Waals surface area contributed by atoms with Gasteiger partial charge in [0.25, 0.3) is 0 Å². The van der Waals surface area contributed by atoms with Gasteiger partial charge in [0.2, 0.25) is 0 Å². The highest BCUT2D eigenvalue weighted by molar-refractivity contribution is 14.1. The van der Waals surface area contributed by atoms with E-state index in [0.717, 1.165) is 32.3 Å². The van der Waals surface area contributed by atoms with Crippen LogP contribution in [0, 0.1) is 5.92 Å². The highest BCUT2D eigenvalue weighted by atomic mass is 127. The van der Waals surface area contributed by atoms with Gasteiger partial charge in [-0.05, 0) is 18.8 Å². The number of ether oxygens (including phenoxy) is 1. The smallest absolute Gasteiger partial charge is 0.132 e. The molecule has 0 spiro atoms. The van der Waals surface area contributed by atoms with Gasteiger partial charge in [-0.2, -0.15) is 0 Å². The summed E-state index contributed by atoms with van der Waals surface area (Å²) in [6.45, 7) is 1.53. The number of hydrogen-bond acceptors (Lipinski definition) is 3.